The number of likely N-dealkylation sites (N-methyl/N-ethyl adjacent to an activating group) is 1. The molecule has 0 unspecified atom stereocenters. The first kappa shape index (κ1) is 11.8. The van der Waals surface area contributed by atoms with E-state index in [4.69, 9.17) is 0 Å². The smallest absolute Gasteiger partial charge is 0.233 e. The molecule has 0 bridgehead atoms. The van der Waals surface area contributed by atoms with Crippen molar-refractivity contribution in [2.75, 3.05) is 13.6 Å². The van der Waals surface area contributed by atoms with E-state index >= 15 is 0 Å². The lowest BCUT2D eigenvalue weighted by Crippen LogP contribution is -2.31. The van der Waals surface area contributed by atoms with Crippen LogP contribution in [0.3, 0.4) is 0 Å². The molecule has 0 atom stereocenters. The number of hydrogen-bond acceptors (Lipinski definition) is 2. The first-order valence-corrected chi connectivity index (χ1v) is 5.09. The Kier molecular flexibility index (Phi) is 3.91. The van der Waals surface area contributed by atoms with Crippen molar-refractivity contribution < 1.29 is 4.79 Å². The van der Waals surface area contributed by atoms with Crippen LogP contribution in [0.2, 0.25) is 0 Å². The Bertz CT molecular complexity index is 355. The van der Waals surface area contributed by atoms with Crippen molar-refractivity contribution in [1.82, 2.24) is 15.2 Å². The normalized spacial score (nSPS) is 10.4. The van der Waals surface area contributed by atoms with Gasteiger partial charge in [-0.2, -0.15) is 0 Å². The van der Waals surface area contributed by atoms with Crippen LogP contribution >= 0.6 is 0 Å². The number of aryl methyl sites for hydroxylation is 1. The van der Waals surface area contributed by atoms with Crippen LogP contribution in [0.1, 0.15) is 17.0 Å². The van der Waals surface area contributed by atoms with Gasteiger partial charge in [0.15, 0.2) is 0 Å². The van der Waals surface area contributed by atoms with Crippen molar-refractivity contribution in [2.45, 2.75) is 20.4 Å². The SMILES string of the molecule is CNC(=O)CNCc1cc(C)n(C)c1C. The number of carbonyl (C=O) groups excluding carboxylic acids is 1. The summed E-state index contributed by atoms with van der Waals surface area (Å²) in [6.07, 6.45) is 0. The maximum Gasteiger partial charge on any atom is 0.233 e. The summed E-state index contributed by atoms with van der Waals surface area (Å²) in [5.74, 6) is 0.0142. The first-order chi connectivity index (χ1) is 7.06. The number of nitrogens with zero attached hydrogens (tertiary/aromatic N) is 1. The van der Waals surface area contributed by atoms with E-state index in [2.05, 4.69) is 35.1 Å². The van der Waals surface area contributed by atoms with Gasteiger partial charge >= 0.3 is 0 Å². The lowest BCUT2D eigenvalue weighted by Gasteiger charge is -2.04. The fourth-order valence-electron chi connectivity index (χ4n) is 1.51. The molecule has 84 valence electrons. The van der Waals surface area contributed by atoms with E-state index < -0.39 is 0 Å². The molecule has 2 N–H and O–H groups in total. The topological polar surface area (TPSA) is 46.1 Å². The molecule has 0 spiro atoms. The quantitative estimate of drug-likeness (QED) is 0.757. The van der Waals surface area contributed by atoms with Gasteiger partial charge in [0, 0.05) is 32.0 Å². The molecular formula is C11H19N3O. The number of rotatable bonds is 4. The third-order valence-corrected chi connectivity index (χ3v) is 2.76. The molecule has 1 aromatic heterocycles. The second-order valence-electron chi connectivity index (χ2n) is 3.73. The molecule has 0 aliphatic rings. The van der Waals surface area contributed by atoms with Gasteiger partial charge < -0.3 is 15.2 Å². The zero-order chi connectivity index (χ0) is 11.4. The van der Waals surface area contributed by atoms with Crippen LogP contribution in [-0.2, 0) is 18.4 Å². The van der Waals surface area contributed by atoms with Gasteiger partial charge in [-0.15, -0.1) is 0 Å². The molecule has 1 aromatic rings. The maximum atomic E-state index is 11.0. The average molecular weight is 209 g/mol. The molecule has 0 fully saturated rings. The summed E-state index contributed by atoms with van der Waals surface area (Å²) in [4.78, 5) is 11.0. The Morgan fingerprint density at radius 2 is 2.13 bits per heavy atom. The summed E-state index contributed by atoms with van der Waals surface area (Å²) in [5.41, 5.74) is 3.74. The third-order valence-electron chi connectivity index (χ3n) is 2.76. The highest BCUT2D eigenvalue weighted by molar-refractivity contribution is 5.77. The van der Waals surface area contributed by atoms with E-state index in [1.807, 2.05) is 7.05 Å². The van der Waals surface area contributed by atoms with E-state index in [0.29, 0.717) is 6.54 Å². The van der Waals surface area contributed by atoms with Gasteiger partial charge in [0.1, 0.15) is 0 Å². The second kappa shape index (κ2) is 4.98. The monoisotopic (exact) mass is 209 g/mol. The molecule has 0 aliphatic carbocycles. The average Bonchev–Trinajstić information content (AvgIpc) is 2.46. The van der Waals surface area contributed by atoms with Crippen LogP contribution in [0.5, 0.6) is 0 Å². The van der Waals surface area contributed by atoms with Gasteiger partial charge in [-0.1, -0.05) is 0 Å². The molecular weight excluding hydrogens is 190 g/mol. The van der Waals surface area contributed by atoms with Crippen LogP contribution < -0.4 is 10.6 Å². The van der Waals surface area contributed by atoms with E-state index in [9.17, 15) is 4.79 Å². The van der Waals surface area contributed by atoms with Crippen molar-refractivity contribution in [3.63, 3.8) is 0 Å². The van der Waals surface area contributed by atoms with E-state index in [1.165, 1.54) is 17.0 Å². The Labute approximate surface area is 90.7 Å². The summed E-state index contributed by atoms with van der Waals surface area (Å²) < 4.78 is 2.15. The van der Waals surface area contributed by atoms with Crippen molar-refractivity contribution in [2.24, 2.45) is 7.05 Å². The largest absolute Gasteiger partial charge is 0.358 e. The highest BCUT2D eigenvalue weighted by Crippen LogP contribution is 2.12. The molecule has 0 aliphatic heterocycles. The number of nitrogens with one attached hydrogen (secondary N) is 2. The lowest BCUT2D eigenvalue weighted by atomic mass is 10.2. The molecule has 0 aromatic carbocycles. The molecule has 0 saturated heterocycles. The number of hydrogen-bond donors (Lipinski definition) is 2. The molecule has 1 heterocycles. The number of aromatic nitrogens is 1. The van der Waals surface area contributed by atoms with Gasteiger partial charge in [-0.3, -0.25) is 4.79 Å². The van der Waals surface area contributed by atoms with Crippen molar-refractivity contribution in [3.8, 4) is 0 Å². The lowest BCUT2D eigenvalue weighted by molar-refractivity contribution is -0.119. The summed E-state index contributed by atoms with van der Waals surface area (Å²) in [6, 6.07) is 2.15. The van der Waals surface area contributed by atoms with Crippen LogP contribution in [0.15, 0.2) is 6.07 Å². The van der Waals surface area contributed by atoms with Crippen LogP contribution in [0.4, 0.5) is 0 Å². The first-order valence-electron chi connectivity index (χ1n) is 5.09. The minimum atomic E-state index is 0.0142. The molecule has 15 heavy (non-hydrogen) atoms. The Morgan fingerprint density at radius 1 is 1.47 bits per heavy atom. The third kappa shape index (κ3) is 2.83. The predicted molar refractivity (Wildman–Crippen MR) is 60.7 cm³/mol. The molecule has 4 heteroatoms. The van der Waals surface area contributed by atoms with Gasteiger partial charge in [-0.05, 0) is 25.5 Å². The minimum Gasteiger partial charge on any atom is -0.358 e. The summed E-state index contributed by atoms with van der Waals surface area (Å²) in [5, 5.41) is 5.68. The molecule has 4 nitrogen and oxygen atoms in total. The zero-order valence-electron chi connectivity index (χ0n) is 9.85. The van der Waals surface area contributed by atoms with Crippen molar-refractivity contribution in [3.05, 3.63) is 23.0 Å². The molecule has 0 saturated carbocycles. The van der Waals surface area contributed by atoms with E-state index in [-0.39, 0.29) is 5.91 Å². The van der Waals surface area contributed by atoms with Gasteiger partial charge in [0.05, 0.1) is 6.54 Å². The minimum absolute atomic E-state index is 0.0142. The second-order valence-corrected chi connectivity index (χ2v) is 3.73. The van der Waals surface area contributed by atoms with Crippen LogP contribution in [0.25, 0.3) is 0 Å². The summed E-state index contributed by atoms with van der Waals surface area (Å²) >= 11 is 0. The van der Waals surface area contributed by atoms with Gasteiger partial charge in [0.25, 0.3) is 0 Å². The number of amides is 1. The van der Waals surface area contributed by atoms with E-state index in [0.717, 1.165) is 6.54 Å². The molecule has 1 rings (SSSR count). The summed E-state index contributed by atoms with van der Waals surface area (Å²) in [6.45, 7) is 5.27. The predicted octanol–water partition coefficient (Wildman–Crippen LogP) is 0.478. The van der Waals surface area contributed by atoms with Crippen molar-refractivity contribution in [1.29, 1.82) is 0 Å². The maximum absolute atomic E-state index is 11.0. The highest BCUT2D eigenvalue weighted by Gasteiger charge is 2.05. The summed E-state index contributed by atoms with van der Waals surface area (Å²) in [7, 11) is 3.69. The Hall–Kier alpha value is -1.29. The van der Waals surface area contributed by atoms with Gasteiger partial charge in [-0.25, -0.2) is 0 Å². The van der Waals surface area contributed by atoms with Crippen molar-refractivity contribution >= 4 is 5.91 Å². The standard InChI is InChI=1S/C11H19N3O/c1-8-5-10(9(2)14(8)4)6-13-7-11(15)12-3/h5,13H,6-7H2,1-4H3,(H,12,15). The Balaban J connectivity index is 2.51. The Morgan fingerprint density at radius 3 is 2.60 bits per heavy atom. The zero-order valence-corrected chi connectivity index (χ0v) is 9.85. The fraction of sp³-hybridized carbons (Fsp3) is 0.545. The fourth-order valence-corrected chi connectivity index (χ4v) is 1.51. The van der Waals surface area contributed by atoms with E-state index in [1.54, 1.807) is 7.05 Å². The molecule has 0 radical (unpaired) electrons. The highest BCUT2D eigenvalue weighted by atomic mass is 16.1. The molecule has 1 amide bonds. The van der Waals surface area contributed by atoms with Gasteiger partial charge in [0.2, 0.25) is 5.91 Å². The van der Waals surface area contributed by atoms with Crippen LogP contribution in [-0.4, -0.2) is 24.1 Å². The number of carbonyl (C=O) groups is 1. The van der Waals surface area contributed by atoms with Crippen LogP contribution in [0, 0.1) is 13.8 Å².